The molecule has 0 radical (unpaired) electrons. The maximum Gasteiger partial charge on any atom is 0.268 e. The second kappa shape index (κ2) is 5.34. The van der Waals surface area contributed by atoms with Gasteiger partial charge < -0.3 is 4.57 Å². The second-order valence-corrected chi connectivity index (χ2v) is 4.82. The first kappa shape index (κ1) is 12.8. The first-order chi connectivity index (χ1) is 9.17. The van der Waals surface area contributed by atoms with Gasteiger partial charge in [0.1, 0.15) is 16.8 Å². The van der Waals surface area contributed by atoms with Crippen LogP contribution in [0.1, 0.15) is 5.56 Å². The zero-order chi connectivity index (χ0) is 13.8. The maximum atomic E-state index is 12.0. The van der Waals surface area contributed by atoms with E-state index in [0.29, 0.717) is 9.20 Å². The van der Waals surface area contributed by atoms with Crippen LogP contribution in [0.25, 0.3) is 11.6 Å². The predicted octanol–water partition coefficient (Wildman–Crippen LogP) is 0.473. The van der Waals surface area contributed by atoms with E-state index in [1.54, 1.807) is 25.3 Å². The van der Waals surface area contributed by atoms with Crippen LogP contribution >= 0.6 is 11.3 Å². The van der Waals surface area contributed by atoms with Gasteiger partial charge in [-0.2, -0.15) is 10.5 Å². The molecular weight excluding hydrogens is 258 g/mol. The molecule has 19 heavy (non-hydrogen) atoms. The number of thiazole rings is 1. The van der Waals surface area contributed by atoms with Gasteiger partial charge in [-0.15, -0.1) is 11.3 Å². The Kier molecular flexibility index (Phi) is 3.61. The highest BCUT2D eigenvalue weighted by Gasteiger charge is 2.05. The number of aromatic nitrogens is 1. The number of benzene rings is 1. The zero-order valence-electron chi connectivity index (χ0n) is 10.1. The molecule has 0 aliphatic rings. The Hall–Kier alpha value is -2.63. The standard InChI is InChI=1S/C14H9N3OS/c1-17-13(18)12(7-10-5-3-2-4-6-10)19-14(17)11(8-15)9-16/h2-7H,1H3. The summed E-state index contributed by atoms with van der Waals surface area (Å²) in [6.07, 6.45) is 1.75. The maximum absolute atomic E-state index is 12.0. The average molecular weight is 267 g/mol. The third kappa shape index (κ3) is 2.47. The van der Waals surface area contributed by atoms with Crippen molar-refractivity contribution in [2.75, 3.05) is 0 Å². The summed E-state index contributed by atoms with van der Waals surface area (Å²) in [5, 5.41) is 17.7. The molecule has 1 aromatic carbocycles. The van der Waals surface area contributed by atoms with Gasteiger partial charge in [0, 0.05) is 7.05 Å². The summed E-state index contributed by atoms with van der Waals surface area (Å²) in [4.78, 5) is 12.0. The Morgan fingerprint density at radius 3 is 2.47 bits per heavy atom. The van der Waals surface area contributed by atoms with Gasteiger partial charge >= 0.3 is 0 Å². The van der Waals surface area contributed by atoms with Crippen LogP contribution in [0.2, 0.25) is 0 Å². The number of rotatable bonds is 1. The van der Waals surface area contributed by atoms with Crippen LogP contribution in [0.15, 0.2) is 35.1 Å². The SMILES string of the molecule is Cn1c(=C(C#N)C#N)sc(=Cc2ccccc2)c1=O. The summed E-state index contributed by atoms with van der Waals surface area (Å²) in [6, 6.07) is 13.0. The van der Waals surface area contributed by atoms with Gasteiger partial charge in [-0.1, -0.05) is 30.3 Å². The van der Waals surface area contributed by atoms with Crippen molar-refractivity contribution in [1.29, 1.82) is 10.5 Å². The quantitative estimate of drug-likeness (QED) is 0.754. The molecule has 0 aliphatic heterocycles. The predicted molar refractivity (Wildman–Crippen MR) is 73.5 cm³/mol. The second-order valence-electron chi connectivity index (χ2n) is 3.79. The highest BCUT2D eigenvalue weighted by atomic mass is 32.1. The Morgan fingerprint density at radius 1 is 1.26 bits per heavy atom. The van der Waals surface area contributed by atoms with Gasteiger partial charge in [0.2, 0.25) is 0 Å². The van der Waals surface area contributed by atoms with Crippen LogP contribution in [-0.4, -0.2) is 4.57 Å². The summed E-state index contributed by atoms with van der Waals surface area (Å²) in [7, 11) is 1.56. The van der Waals surface area contributed by atoms with E-state index >= 15 is 0 Å². The topological polar surface area (TPSA) is 69.6 Å². The minimum atomic E-state index is -0.202. The van der Waals surface area contributed by atoms with Crippen LogP contribution in [0.4, 0.5) is 0 Å². The lowest BCUT2D eigenvalue weighted by Gasteiger charge is -1.87. The van der Waals surface area contributed by atoms with Crippen molar-refractivity contribution in [3.8, 4) is 12.1 Å². The lowest BCUT2D eigenvalue weighted by Crippen LogP contribution is -2.29. The molecule has 0 amide bonds. The monoisotopic (exact) mass is 267 g/mol. The van der Waals surface area contributed by atoms with Gasteiger partial charge in [-0.25, -0.2) is 0 Å². The molecule has 2 aromatic rings. The van der Waals surface area contributed by atoms with Gasteiger partial charge in [0.25, 0.3) is 5.56 Å². The molecule has 0 bridgehead atoms. The molecule has 0 aliphatic carbocycles. The average Bonchev–Trinajstić information content (AvgIpc) is 2.70. The number of hydrogen-bond acceptors (Lipinski definition) is 4. The number of nitriles is 2. The lowest BCUT2D eigenvalue weighted by atomic mass is 10.2. The number of nitrogens with zero attached hydrogens (tertiary/aromatic N) is 3. The van der Waals surface area contributed by atoms with E-state index in [2.05, 4.69) is 0 Å². The molecule has 2 rings (SSSR count). The van der Waals surface area contributed by atoms with Crippen molar-refractivity contribution in [3.05, 3.63) is 55.4 Å². The highest BCUT2D eigenvalue weighted by Crippen LogP contribution is 1.98. The van der Waals surface area contributed by atoms with E-state index in [0.717, 1.165) is 16.9 Å². The van der Waals surface area contributed by atoms with Crippen molar-refractivity contribution >= 4 is 23.0 Å². The van der Waals surface area contributed by atoms with Crippen LogP contribution in [0.3, 0.4) is 0 Å². The molecule has 0 atom stereocenters. The van der Waals surface area contributed by atoms with Crippen molar-refractivity contribution in [2.24, 2.45) is 7.05 Å². The van der Waals surface area contributed by atoms with E-state index in [1.165, 1.54) is 4.57 Å². The van der Waals surface area contributed by atoms with Gasteiger partial charge in [0.05, 0.1) is 4.53 Å². The minimum Gasteiger partial charge on any atom is -0.300 e. The number of hydrogen-bond donors (Lipinski definition) is 0. The summed E-state index contributed by atoms with van der Waals surface area (Å²) < 4.78 is 2.23. The Balaban J connectivity index is 2.79. The molecule has 92 valence electrons. The highest BCUT2D eigenvalue weighted by molar-refractivity contribution is 7.07. The third-order valence-electron chi connectivity index (χ3n) is 2.56. The van der Waals surface area contributed by atoms with Crippen LogP contribution in [-0.2, 0) is 7.05 Å². The van der Waals surface area contributed by atoms with Crippen molar-refractivity contribution < 1.29 is 0 Å². The Labute approximate surface area is 113 Å². The van der Waals surface area contributed by atoms with Crippen molar-refractivity contribution in [2.45, 2.75) is 0 Å². The molecule has 0 unspecified atom stereocenters. The minimum absolute atomic E-state index is 0.0442. The van der Waals surface area contributed by atoms with Crippen LogP contribution < -0.4 is 14.8 Å². The van der Waals surface area contributed by atoms with Gasteiger partial charge in [-0.05, 0) is 11.6 Å². The fraction of sp³-hybridized carbons (Fsp3) is 0.0714. The first-order valence-corrected chi connectivity index (χ1v) is 6.26. The van der Waals surface area contributed by atoms with E-state index < -0.39 is 0 Å². The smallest absolute Gasteiger partial charge is 0.268 e. The molecular formula is C14H9N3OS. The summed E-state index contributed by atoms with van der Waals surface area (Å²) in [5.41, 5.74) is 0.660. The molecule has 0 fully saturated rings. The molecule has 0 N–H and O–H groups in total. The van der Waals surface area contributed by atoms with Crippen LogP contribution in [0, 0.1) is 22.7 Å². The molecule has 0 saturated heterocycles. The van der Waals surface area contributed by atoms with E-state index in [1.807, 2.05) is 30.3 Å². The Bertz CT molecular complexity index is 845. The molecule has 0 saturated carbocycles. The molecule has 1 aromatic heterocycles. The van der Waals surface area contributed by atoms with E-state index in [4.69, 9.17) is 10.5 Å². The van der Waals surface area contributed by atoms with Crippen LogP contribution in [0.5, 0.6) is 0 Å². The lowest BCUT2D eigenvalue weighted by molar-refractivity contribution is 0.855. The Morgan fingerprint density at radius 2 is 1.89 bits per heavy atom. The van der Waals surface area contributed by atoms with E-state index in [-0.39, 0.29) is 11.1 Å². The molecule has 0 spiro atoms. The van der Waals surface area contributed by atoms with Crippen molar-refractivity contribution in [1.82, 2.24) is 4.57 Å². The fourth-order valence-electron chi connectivity index (χ4n) is 1.61. The third-order valence-corrected chi connectivity index (χ3v) is 3.75. The summed E-state index contributed by atoms with van der Waals surface area (Å²) in [6.45, 7) is 0. The fourth-order valence-corrected chi connectivity index (χ4v) is 2.65. The zero-order valence-corrected chi connectivity index (χ0v) is 10.9. The summed E-state index contributed by atoms with van der Waals surface area (Å²) >= 11 is 1.15. The molecule has 4 nitrogen and oxygen atoms in total. The largest absolute Gasteiger partial charge is 0.300 e. The van der Waals surface area contributed by atoms with Crippen molar-refractivity contribution in [3.63, 3.8) is 0 Å². The van der Waals surface area contributed by atoms with Gasteiger partial charge in [0.15, 0.2) is 5.57 Å². The molecule has 5 heteroatoms. The van der Waals surface area contributed by atoms with Gasteiger partial charge in [-0.3, -0.25) is 4.79 Å². The normalized spacial score (nSPS) is 10.8. The molecule has 1 heterocycles. The first-order valence-electron chi connectivity index (χ1n) is 5.44. The van der Waals surface area contributed by atoms with E-state index in [9.17, 15) is 4.79 Å². The summed E-state index contributed by atoms with van der Waals surface area (Å²) in [5.74, 6) is 0.